The quantitative estimate of drug-likeness (QED) is 0.497. The summed E-state index contributed by atoms with van der Waals surface area (Å²) in [6.45, 7) is 15.2. The van der Waals surface area contributed by atoms with E-state index in [1.54, 1.807) is 0 Å². The van der Waals surface area contributed by atoms with E-state index in [9.17, 15) is 9.59 Å². The number of esters is 2. The fourth-order valence-electron chi connectivity index (χ4n) is 1.03. The number of carbonyl (C=O) groups is 2. The zero-order chi connectivity index (χ0) is 16.8. The highest BCUT2D eigenvalue weighted by Crippen LogP contribution is 2.03. The molecule has 0 bridgehead atoms. The van der Waals surface area contributed by atoms with Gasteiger partial charge in [0.2, 0.25) is 0 Å². The Labute approximate surface area is 130 Å². The lowest BCUT2D eigenvalue weighted by atomic mass is 10.1. The van der Waals surface area contributed by atoms with Crippen molar-refractivity contribution in [3.8, 4) is 0 Å². The molecule has 0 aliphatic heterocycles. The lowest BCUT2D eigenvalue weighted by Crippen LogP contribution is -2.17. The molecular formula is C17H34O4. The van der Waals surface area contributed by atoms with Gasteiger partial charge in [-0.3, -0.25) is 9.59 Å². The smallest absolute Gasteiger partial charge is 0.317 e. The Hall–Kier alpha value is -1.06. The molecule has 0 rings (SSSR count). The standard InChI is InChI=1S/C11H20O4.C6H14/c1-8(2)6-14-10(12)5-11(13)15-7-9(3)4;1-4-6(3)5-2/h8-9H,5-7H2,1-4H3;6H,4-5H2,1-3H3. The summed E-state index contributed by atoms with van der Waals surface area (Å²) in [6.07, 6.45) is 2.37. The molecule has 126 valence electrons. The Kier molecular flexibility index (Phi) is 14.7. The van der Waals surface area contributed by atoms with E-state index in [1.165, 1.54) is 12.8 Å². The molecule has 0 unspecified atom stereocenters. The van der Waals surface area contributed by atoms with Crippen LogP contribution in [0.2, 0.25) is 0 Å². The normalized spacial score (nSPS) is 10.4. The summed E-state index contributed by atoms with van der Waals surface area (Å²) < 4.78 is 9.68. The fourth-order valence-corrected chi connectivity index (χ4v) is 1.03. The predicted octanol–water partition coefficient (Wildman–Crippen LogP) is 4.22. The van der Waals surface area contributed by atoms with E-state index in [4.69, 9.17) is 9.47 Å². The van der Waals surface area contributed by atoms with Gasteiger partial charge in [0.05, 0.1) is 13.2 Å². The first-order valence-electron chi connectivity index (χ1n) is 8.03. The topological polar surface area (TPSA) is 52.6 Å². The molecule has 4 nitrogen and oxygen atoms in total. The van der Waals surface area contributed by atoms with Crippen LogP contribution >= 0.6 is 0 Å². The number of hydrogen-bond acceptors (Lipinski definition) is 4. The van der Waals surface area contributed by atoms with Gasteiger partial charge >= 0.3 is 11.9 Å². The zero-order valence-corrected chi connectivity index (χ0v) is 14.9. The van der Waals surface area contributed by atoms with Gasteiger partial charge in [0.25, 0.3) is 0 Å². The summed E-state index contributed by atoms with van der Waals surface area (Å²) in [4.78, 5) is 22.2. The lowest BCUT2D eigenvalue weighted by molar-refractivity contribution is -0.155. The molecule has 0 aliphatic carbocycles. The molecule has 0 aliphatic rings. The summed E-state index contributed by atoms with van der Waals surface area (Å²) in [6, 6.07) is 0. The van der Waals surface area contributed by atoms with Crippen LogP contribution in [-0.4, -0.2) is 25.2 Å². The molecule has 0 N–H and O–H groups in total. The molecular weight excluding hydrogens is 268 g/mol. The highest BCUT2D eigenvalue weighted by atomic mass is 16.6. The first-order chi connectivity index (χ1) is 9.72. The molecule has 0 amide bonds. The highest BCUT2D eigenvalue weighted by molar-refractivity contribution is 5.91. The average Bonchev–Trinajstić information content (AvgIpc) is 2.42. The second-order valence-electron chi connectivity index (χ2n) is 6.25. The van der Waals surface area contributed by atoms with E-state index < -0.39 is 11.9 Å². The fraction of sp³-hybridized carbons (Fsp3) is 0.882. The third-order valence-corrected chi connectivity index (χ3v) is 2.84. The molecule has 0 heterocycles. The van der Waals surface area contributed by atoms with Crippen molar-refractivity contribution < 1.29 is 19.1 Å². The molecule has 0 radical (unpaired) electrons. The summed E-state index contributed by atoms with van der Waals surface area (Å²) in [5.41, 5.74) is 0. The molecule has 4 heteroatoms. The van der Waals surface area contributed by atoms with Crippen LogP contribution in [0.3, 0.4) is 0 Å². The van der Waals surface area contributed by atoms with E-state index in [0.29, 0.717) is 13.2 Å². The van der Waals surface area contributed by atoms with Crippen molar-refractivity contribution in [1.82, 2.24) is 0 Å². The number of carbonyl (C=O) groups excluding carboxylic acids is 2. The molecule has 0 spiro atoms. The van der Waals surface area contributed by atoms with E-state index >= 15 is 0 Å². The minimum absolute atomic E-state index is 0.278. The third kappa shape index (κ3) is 18.9. The molecule has 0 saturated heterocycles. The predicted molar refractivity (Wildman–Crippen MR) is 86.0 cm³/mol. The average molecular weight is 302 g/mol. The molecule has 21 heavy (non-hydrogen) atoms. The third-order valence-electron chi connectivity index (χ3n) is 2.84. The zero-order valence-electron chi connectivity index (χ0n) is 14.9. The maximum Gasteiger partial charge on any atom is 0.317 e. The SMILES string of the molecule is CC(C)COC(=O)CC(=O)OCC(C)C.CCC(C)CC. The van der Waals surface area contributed by atoms with Crippen molar-refractivity contribution in [2.75, 3.05) is 13.2 Å². The molecule has 0 aromatic heterocycles. The minimum Gasteiger partial charge on any atom is -0.465 e. The van der Waals surface area contributed by atoms with Gasteiger partial charge in [0.15, 0.2) is 0 Å². The van der Waals surface area contributed by atoms with Crippen molar-refractivity contribution in [2.24, 2.45) is 17.8 Å². The minimum atomic E-state index is -0.516. The van der Waals surface area contributed by atoms with Crippen LogP contribution < -0.4 is 0 Å². The van der Waals surface area contributed by atoms with E-state index in [2.05, 4.69) is 20.8 Å². The second-order valence-corrected chi connectivity index (χ2v) is 6.25. The van der Waals surface area contributed by atoms with Crippen LogP contribution in [0.5, 0.6) is 0 Å². The maximum absolute atomic E-state index is 11.1. The number of rotatable bonds is 8. The maximum atomic E-state index is 11.1. The number of ether oxygens (including phenoxy) is 2. The van der Waals surface area contributed by atoms with E-state index in [1.807, 2.05) is 27.7 Å². The summed E-state index contributed by atoms with van der Waals surface area (Å²) in [5.74, 6) is 0.459. The van der Waals surface area contributed by atoms with Crippen molar-refractivity contribution in [1.29, 1.82) is 0 Å². The van der Waals surface area contributed by atoms with Gasteiger partial charge in [-0.25, -0.2) is 0 Å². The second kappa shape index (κ2) is 13.9. The largest absolute Gasteiger partial charge is 0.465 e. The molecule has 0 aromatic rings. The molecule has 0 aromatic carbocycles. The lowest BCUT2D eigenvalue weighted by Gasteiger charge is -2.08. The van der Waals surface area contributed by atoms with Crippen LogP contribution in [0.1, 0.15) is 67.7 Å². The van der Waals surface area contributed by atoms with Gasteiger partial charge in [-0.05, 0) is 17.8 Å². The molecule has 0 atom stereocenters. The van der Waals surface area contributed by atoms with Gasteiger partial charge in [-0.15, -0.1) is 0 Å². The van der Waals surface area contributed by atoms with Gasteiger partial charge in [-0.2, -0.15) is 0 Å². The highest BCUT2D eigenvalue weighted by Gasteiger charge is 2.12. The van der Waals surface area contributed by atoms with Crippen LogP contribution in [0, 0.1) is 17.8 Å². The Morgan fingerprint density at radius 1 is 0.762 bits per heavy atom. The van der Waals surface area contributed by atoms with Crippen LogP contribution in [-0.2, 0) is 19.1 Å². The molecule has 0 saturated carbocycles. The van der Waals surface area contributed by atoms with Crippen molar-refractivity contribution in [3.05, 3.63) is 0 Å². The Morgan fingerprint density at radius 2 is 1.10 bits per heavy atom. The molecule has 0 fully saturated rings. The monoisotopic (exact) mass is 302 g/mol. The Balaban J connectivity index is 0. The Bertz CT molecular complexity index is 246. The summed E-state index contributed by atoms with van der Waals surface area (Å²) >= 11 is 0. The van der Waals surface area contributed by atoms with Crippen LogP contribution in [0.15, 0.2) is 0 Å². The van der Waals surface area contributed by atoms with Crippen LogP contribution in [0.4, 0.5) is 0 Å². The van der Waals surface area contributed by atoms with Gasteiger partial charge < -0.3 is 9.47 Å². The van der Waals surface area contributed by atoms with Crippen molar-refractivity contribution >= 4 is 11.9 Å². The van der Waals surface area contributed by atoms with Gasteiger partial charge in [0.1, 0.15) is 6.42 Å². The first kappa shape index (κ1) is 22.2. The summed E-state index contributed by atoms with van der Waals surface area (Å²) in [7, 11) is 0. The van der Waals surface area contributed by atoms with Gasteiger partial charge in [0, 0.05) is 0 Å². The Morgan fingerprint density at radius 3 is 1.29 bits per heavy atom. The van der Waals surface area contributed by atoms with Crippen molar-refractivity contribution in [2.45, 2.75) is 67.7 Å². The first-order valence-corrected chi connectivity index (χ1v) is 8.03. The van der Waals surface area contributed by atoms with Crippen molar-refractivity contribution in [3.63, 3.8) is 0 Å². The van der Waals surface area contributed by atoms with Gasteiger partial charge in [-0.1, -0.05) is 61.3 Å². The number of hydrogen-bond donors (Lipinski definition) is 0. The van der Waals surface area contributed by atoms with Crippen LogP contribution in [0.25, 0.3) is 0 Å². The van der Waals surface area contributed by atoms with E-state index in [-0.39, 0.29) is 18.3 Å². The summed E-state index contributed by atoms with van der Waals surface area (Å²) in [5, 5.41) is 0. The van der Waals surface area contributed by atoms with E-state index in [0.717, 1.165) is 5.92 Å².